The molecule has 1 saturated carbocycles. The van der Waals surface area contributed by atoms with Gasteiger partial charge >= 0.3 is 0 Å². The van der Waals surface area contributed by atoms with E-state index < -0.39 is 0 Å². The highest BCUT2D eigenvalue weighted by molar-refractivity contribution is 6.35. The predicted molar refractivity (Wildman–Crippen MR) is 70.2 cm³/mol. The number of imidazole rings is 1. The quantitative estimate of drug-likeness (QED) is 0.900. The van der Waals surface area contributed by atoms with Crippen molar-refractivity contribution >= 4 is 34.8 Å². The highest BCUT2D eigenvalue weighted by Crippen LogP contribution is 2.37. The van der Waals surface area contributed by atoms with Crippen molar-refractivity contribution < 1.29 is 0 Å². The van der Waals surface area contributed by atoms with Gasteiger partial charge in [-0.2, -0.15) is 0 Å². The fraction of sp³-hybridized carbons (Fsp3) is 0.250. The number of rotatable bonds is 3. The van der Waals surface area contributed by atoms with Gasteiger partial charge in [-0.3, -0.25) is 0 Å². The van der Waals surface area contributed by atoms with Crippen LogP contribution in [0.3, 0.4) is 0 Å². The lowest BCUT2D eigenvalue weighted by Gasteiger charge is -2.09. The Bertz CT molecular complexity index is 526. The van der Waals surface area contributed by atoms with E-state index >= 15 is 0 Å². The second kappa shape index (κ2) is 4.24. The molecule has 2 aromatic rings. The maximum Gasteiger partial charge on any atom is 0.207 e. The third kappa shape index (κ3) is 2.40. The molecular formula is C12H11Cl2N3. The van der Waals surface area contributed by atoms with Gasteiger partial charge in [-0.1, -0.05) is 23.2 Å². The monoisotopic (exact) mass is 267 g/mol. The second-order valence-corrected chi connectivity index (χ2v) is 5.05. The highest BCUT2D eigenvalue weighted by Gasteiger charge is 2.25. The van der Waals surface area contributed by atoms with Crippen molar-refractivity contribution in [2.45, 2.75) is 18.9 Å². The normalized spacial score (nSPS) is 14.9. The van der Waals surface area contributed by atoms with Crippen LogP contribution in [0.1, 0.15) is 18.9 Å². The molecule has 0 atom stereocenters. The van der Waals surface area contributed by atoms with Crippen LogP contribution in [-0.2, 0) is 0 Å². The van der Waals surface area contributed by atoms with E-state index in [1.165, 1.54) is 12.8 Å². The van der Waals surface area contributed by atoms with Crippen LogP contribution >= 0.6 is 23.2 Å². The Kier molecular flexibility index (Phi) is 2.73. The summed E-state index contributed by atoms with van der Waals surface area (Å²) < 4.78 is 2.15. The third-order valence-electron chi connectivity index (χ3n) is 2.73. The molecule has 3 rings (SSSR count). The van der Waals surface area contributed by atoms with Crippen LogP contribution in [0.2, 0.25) is 10.0 Å². The summed E-state index contributed by atoms with van der Waals surface area (Å²) in [7, 11) is 0. The molecule has 0 amide bonds. The van der Waals surface area contributed by atoms with Crippen LogP contribution in [-0.4, -0.2) is 9.55 Å². The summed E-state index contributed by atoms with van der Waals surface area (Å²) in [5.41, 5.74) is 0.857. The van der Waals surface area contributed by atoms with Gasteiger partial charge in [0.1, 0.15) is 0 Å². The number of hydrogen-bond acceptors (Lipinski definition) is 2. The molecule has 0 unspecified atom stereocenters. The van der Waals surface area contributed by atoms with Crippen LogP contribution in [0.5, 0.6) is 0 Å². The van der Waals surface area contributed by atoms with Gasteiger partial charge in [-0.05, 0) is 31.0 Å². The zero-order valence-corrected chi connectivity index (χ0v) is 10.5. The first-order valence-electron chi connectivity index (χ1n) is 5.48. The molecule has 3 nitrogen and oxygen atoms in total. The predicted octanol–water partition coefficient (Wildman–Crippen LogP) is 4.27. The van der Waals surface area contributed by atoms with Gasteiger partial charge in [0.2, 0.25) is 5.95 Å². The molecule has 17 heavy (non-hydrogen) atoms. The summed E-state index contributed by atoms with van der Waals surface area (Å²) in [5, 5.41) is 4.47. The lowest BCUT2D eigenvalue weighted by molar-refractivity contribution is 0.751. The Morgan fingerprint density at radius 3 is 2.53 bits per heavy atom. The van der Waals surface area contributed by atoms with Crippen molar-refractivity contribution in [2.24, 2.45) is 0 Å². The minimum absolute atomic E-state index is 0.592. The Hall–Kier alpha value is -1.19. The van der Waals surface area contributed by atoms with E-state index in [2.05, 4.69) is 14.9 Å². The van der Waals surface area contributed by atoms with E-state index in [1.807, 2.05) is 18.3 Å². The van der Waals surface area contributed by atoms with Gasteiger partial charge in [0.05, 0.1) is 0 Å². The van der Waals surface area contributed by atoms with Crippen LogP contribution < -0.4 is 5.32 Å². The Morgan fingerprint density at radius 1 is 1.18 bits per heavy atom. The van der Waals surface area contributed by atoms with Crippen LogP contribution in [0, 0.1) is 0 Å². The number of benzene rings is 1. The van der Waals surface area contributed by atoms with Crippen molar-refractivity contribution in [1.29, 1.82) is 0 Å². The zero-order chi connectivity index (χ0) is 11.8. The topological polar surface area (TPSA) is 29.9 Å². The molecule has 1 aromatic heterocycles. The molecule has 0 saturated heterocycles. The van der Waals surface area contributed by atoms with Gasteiger partial charge < -0.3 is 9.88 Å². The van der Waals surface area contributed by atoms with Gasteiger partial charge in [0.15, 0.2) is 0 Å². The Morgan fingerprint density at radius 2 is 1.88 bits per heavy atom. The summed E-state index contributed by atoms with van der Waals surface area (Å²) in [6, 6.07) is 5.97. The summed E-state index contributed by atoms with van der Waals surface area (Å²) in [6.45, 7) is 0. The average molecular weight is 268 g/mol. The number of nitrogens with one attached hydrogen (secondary N) is 1. The summed E-state index contributed by atoms with van der Waals surface area (Å²) in [5.74, 6) is 0.839. The lowest BCUT2D eigenvalue weighted by atomic mass is 10.3. The molecule has 1 N–H and O–H groups in total. The van der Waals surface area contributed by atoms with E-state index in [4.69, 9.17) is 23.2 Å². The molecular weight excluding hydrogens is 257 g/mol. The molecule has 5 heteroatoms. The summed E-state index contributed by atoms with van der Waals surface area (Å²) >= 11 is 11.9. The molecule has 1 aromatic carbocycles. The number of aromatic nitrogens is 2. The number of anilines is 2. The van der Waals surface area contributed by atoms with Gasteiger partial charge in [-0.25, -0.2) is 4.98 Å². The number of nitrogens with zero attached hydrogens (tertiary/aromatic N) is 2. The van der Waals surface area contributed by atoms with Gasteiger partial charge in [0.25, 0.3) is 0 Å². The fourth-order valence-electron chi connectivity index (χ4n) is 1.81. The van der Waals surface area contributed by atoms with Crippen molar-refractivity contribution in [3.63, 3.8) is 0 Å². The average Bonchev–Trinajstić information content (AvgIpc) is 2.99. The van der Waals surface area contributed by atoms with Crippen molar-refractivity contribution in [3.8, 4) is 0 Å². The van der Waals surface area contributed by atoms with Crippen LogP contribution in [0.25, 0.3) is 0 Å². The SMILES string of the molecule is Clc1cc(Cl)cc(Nc2nccn2C2CC2)c1. The van der Waals surface area contributed by atoms with Crippen molar-refractivity contribution in [2.75, 3.05) is 5.32 Å². The Labute approximate surface area is 109 Å². The standard InChI is InChI=1S/C12H11Cl2N3/c13-8-5-9(14)7-10(6-8)16-12-15-3-4-17(12)11-1-2-11/h3-7,11H,1-2H2,(H,15,16). The van der Waals surface area contributed by atoms with Crippen molar-refractivity contribution in [1.82, 2.24) is 9.55 Å². The number of halogens is 2. The third-order valence-corrected chi connectivity index (χ3v) is 3.16. The minimum atomic E-state index is 0.592. The largest absolute Gasteiger partial charge is 0.326 e. The molecule has 88 valence electrons. The summed E-state index contributed by atoms with van der Waals surface area (Å²) in [6.07, 6.45) is 6.24. The first kappa shape index (κ1) is 10.9. The smallest absolute Gasteiger partial charge is 0.207 e. The molecule has 0 aliphatic heterocycles. The maximum absolute atomic E-state index is 5.95. The van der Waals surface area contributed by atoms with E-state index in [0.717, 1.165) is 11.6 Å². The minimum Gasteiger partial charge on any atom is -0.326 e. The molecule has 1 fully saturated rings. The molecule has 0 spiro atoms. The van der Waals surface area contributed by atoms with Gasteiger partial charge in [0, 0.05) is 34.2 Å². The lowest BCUT2D eigenvalue weighted by Crippen LogP contribution is -2.01. The molecule has 0 bridgehead atoms. The first-order valence-corrected chi connectivity index (χ1v) is 6.24. The van der Waals surface area contributed by atoms with Crippen molar-refractivity contribution in [3.05, 3.63) is 40.6 Å². The molecule has 1 aliphatic rings. The summed E-state index contributed by atoms with van der Waals surface area (Å²) in [4.78, 5) is 4.30. The van der Waals surface area contributed by atoms with Gasteiger partial charge in [-0.15, -0.1) is 0 Å². The Balaban J connectivity index is 1.88. The maximum atomic E-state index is 5.95. The molecule has 1 heterocycles. The second-order valence-electron chi connectivity index (χ2n) is 4.17. The molecule has 1 aliphatic carbocycles. The zero-order valence-electron chi connectivity index (χ0n) is 9.03. The van der Waals surface area contributed by atoms with Crippen LogP contribution in [0.4, 0.5) is 11.6 Å². The van der Waals surface area contributed by atoms with Crippen LogP contribution in [0.15, 0.2) is 30.6 Å². The van der Waals surface area contributed by atoms with E-state index in [-0.39, 0.29) is 0 Å². The van der Waals surface area contributed by atoms with E-state index in [9.17, 15) is 0 Å². The highest BCUT2D eigenvalue weighted by atomic mass is 35.5. The number of hydrogen-bond donors (Lipinski definition) is 1. The first-order chi connectivity index (χ1) is 8.22. The fourth-order valence-corrected chi connectivity index (χ4v) is 2.34. The molecule has 0 radical (unpaired) electrons. The van der Waals surface area contributed by atoms with E-state index in [1.54, 1.807) is 12.3 Å². The van der Waals surface area contributed by atoms with E-state index in [0.29, 0.717) is 16.1 Å².